The van der Waals surface area contributed by atoms with Gasteiger partial charge in [-0.1, -0.05) is 0 Å². The molecule has 0 atom stereocenters. The van der Waals surface area contributed by atoms with Gasteiger partial charge in [0, 0.05) is 37.6 Å². The summed E-state index contributed by atoms with van der Waals surface area (Å²) < 4.78 is 0. The third-order valence-electron chi connectivity index (χ3n) is 3.20. The van der Waals surface area contributed by atoms with E-state index in [1.54, 1.807) is 0 Å². The van der Waals surface area contributed by atoms with Crippen molar-refractivity contribution in [2.24, 2.45) is 0 Å². The van der Waals surface area contributed by atoms with Crippen LogP contribution in [0.25, 0.3) is 0 Å². The molecule has 1 aromatic heterocycles. The van der Waals surface area contributed by atoms with Gasteiger partial charge in [-0.3, -0.25) is 0 Å². The number of aromatic nitrogens is 2. The fourth-order valence-corrected chi connectivity index (χ4v) is 2.00. The maximum Gasteiger partial charge on any atom is 0.225 e. The van der Waals surface area contributed by atoms with Crippen LogP contribution in [0.1, 0.15) is 25.3 Å². The highest BCUT2D eigenvalue weighted by Crippen LogP contribution is 2.23. The summed E-state index contributed by atoms with van der Waals surface area (Å²) in [5.41, 5.74) is 0.558. The monoisotopic (exact) mass is 236 g/mol. The summed E-state index contributed by atoms with van der Waals surface area (Å²) in [7, 11) is 1.90. The molecular weight excluding hydrogens is 216 g/mol. The van der Waals surface area contributed by atoms with Crippen molar-refractivity contribution in [1.29, 1.82) is 0 Å². The van der Waals surface area contributed by atoms with Crippen molar-refractivity contribution in [1.82, 2.24) is 15.3 Å². The number of hydrogen-bond donors (Lipinski definition) is 2. The van der Waals surface area contributed by atoms with Crippen molar-refractivity contribution in [2.45, 2.75) is 31.9 Å². The Morgan fingerprint density at radius 2 is 1.94 bits per heavy atom. The molecule has 0 amide bonds. The second-order valence-electron chi connectivity index (χ2n) is 4.91. The molecule has 17 heavy (non-hydrogen) atoms. The van der Waals surface area contributed by atoms with Gasteiger partial charge < -0.3 is 15.3 Å². The lowest BCUT2D eigenvalue weighted by Gasteiger charge is -2.35. The van der Waals surface area contributed by atoms with Gasteiger partial charge in [-0.2, -0.15) is 0 Å². The molecule has 0 saturated carbocycles. The molecular formula is C12H20N4O. The van der Waals surface area contributed by atoms with Gasteiger partial charge in [0.15, 0.2) is 0 Å². The Morgan fingerprint density at radius 3 is 2.47 bits per heavy atom. The molecule has 1 aliphatic rings. The predicted molar refractivity (Wildman–Crippen MR) is 66.9 cm³/mol. The number of anilines is 1. The van der Waals surface area contributed by atoms with E-state index in [-0.39, 0.29) is 0 Å². The van der Waals surface area contributed by atoms with E-state index in [1.807, 2.05) is 26.4 Å². The molecule has 5 heteroatoms. The van der Waals surface area contributed by atoms with Gasteiger partial charge in [0.2, 0.25) is 5.95 Å². The molecule has 0 aromatic carbocycles. The standard InChI is InChI=1S/C12H20N4O/c1-12(17)3-5-16(6-4-12)11-14-8-10(7-13-2)9-15-11/h8-9,13,17H,3-7H2,1-2H3. The highest BCUT2D eigenvalue weighted by molar-refractivity contribution is 5.30. The zero-order valence-electron chi connectivity index (χ0n) is 10.5. The number of hydrogen-bond acceptors (Lipinski definition) is 5. The lowest BCUT2D eigenvalue weighted by atomic mass is 9.94. The first kappa shape index (κ1) is 12.3. The quantitative estimate of drug-likeness (QED) is 0.802. The summed E-state index contributed by atoms with van der Waals surface area (Å²) in [6.45, 7) is 4.31. The minimum Gasteiger partial charge on any atom is -0.390 e. The minimum atomic E-state index is -0.525. The third kappa shape index (κ3) is 3.14. The van der Waals surface area contributed by atoms with Crippen LogP contribution in [0.4, 0.5) is 5.95 Å². The average molecular weight is 236 g/mol. The fraction of sp³-hybridized carbons (Fsp3) is 0.667. The minimum absolute atomic E-state index is 0.525. The molecule has 2 N–H and O–H groups in total. The van der Waals surface area contributed by atoms with E-state index in [0.717, 1.165) is 44.0 Å². The van der Waals surface area contributed by atoms with Crippen LogP contribution >= 0.6 is 0 Å². The van der Waals surface area contributed by atoms with Gasteiger partial charge in [0.1, 0.15) is 0 Å². The molecule has 1 saturated heterocycles. The highest BCUT2D eigenvalue weighted by atomic mass is 16.3. The summed E-state index contributed by atoms with van der Waals surface area (Å²) in [5, 5.41) is 12.9. The van der Waals surface area contributed by atoms with E-state index in [0.29, 0.717) is 0 Å². The van der Waals surface area contributed by atoms with Crippen molar-refractivity contribution < 1.29 is 5.11 Å². The summed E-state index contributed by atoms with van der Waals surface area (Å²) in [6.07, 6.45) is 5.25. The van der Waals surface area contributed by atoms with Crippen LogP contribution in [0.2, 0.25) is 0 Å². The molecule has 0 spiro atoms. The summed E-state index contributed by atoms with van der Waals surface area (Å²) >= 11 is 0. The summed E-state index contributed by atoms with van der Waals surface area (Å²) in [5.74, 6) is 0.764. The topological polar surface area (TPSA) is 61.3 Å². The zero-order chi connectivity index (χ0) is 12.3. The Labute approximate surface area is 102 Å². The fourth-order valence-electron chi connectivity index (χ4n) is 2.00. The number of aliphatic hydroxyl groups is 1. The van der Waals surface area contributed by atoms with Gasteiger partial charge >= 0.3 is 0 Å². The van der Waals surface area contributed by atoms with Crippen LogP contribution in [0.5, 0.6) is 0 Å². The average Bonchev–Trinajstić information content (AvgIpc) is 2.31. The molecule has 1 aliphatic heterocycles. The number of piperidine rings is 1. The first-order valence-electron chi connectivity index (χ1n) is 6.03. The Bertz CT molecular complexity index is 353. The number of nitrogens with one attached hydrogen (secondary N) is 1. The van der Waals surface area contributed by atoms with E-state index in [2.05, 4.69) is 20.2 Å². The smallest absolute Gasteiger partial charge is 0.225 e. The van der Waals surface area contributed by atoms with E-state index in [1.165, 1.54) is 0 Å². The molecule has 0 aliphatic carbocycles. The molecule has 94 valence electrons. The number of rotatable bonds is 3. The van der Waals surface area contributed by atoms with Crippen LogP contribution in [0, 0.1) is 0 Å². The Morgan fingerprint density at radius 1 is 1.35 bits per heavy atom. The lowest BCUT2D eigenvalue weighted by Crippen LogP contribution is -2.43. The Kier molecular flexibility index (Phi) is 3.59. The molecule has 2 heterocycles. The molecule has 1 aromatic rings. The maximum absolute atomic E-state index is 9.88. The van der Waals surface area contributed by atoms with Gasteiger partial charge in [0.25, 0.3) is 0 Å². The van der Waals surface area contributed by atoms with Crippen molar-refractivity contribution in [2.75, 3.05) is 25.0 Å². The van der Waals surface area contributed by atoms with Gasteiger partial charge in [-0.05, 0) is 26.8 Å². The molecule has 0 radical (unpaired) electrons. The summed E-state index contributed by atoms with van der Waals surface area (Å²) in [6, 6.07) is 0. The molecule has 0 bridgehead atoms. The number of nitrogens with zero attached hydrogens (tertiary/aromatic N) is 3. The Balaban J connectivity index is 1.99. The maximum atomic E-state index is 9.88. The lowest BCUT2D eigenvalue weighted by molar-refractivity contribution is 0.0349. The normalized spacial score (nSPS) is 19.4. The second-order valence-corrected chi connectivity index (χ2v) is 4.91. The Hall–Kier alpha value is -1.20. The van der Waals surface area contributed by atoms with Gasteiger partial charge in [0.05, 0.1) is 5.60 Å². The van der Waals surface area contributed by atoms with Crippen molar-refractivity contribution in [3.63, 3.8) is 0 Å². The second kappa shape index (κ2) is 4.98. The van der Waals surface area contributed by atoms with E-state index in [9.17, 15) is 5.11 Å². The summed E-state index contributed by atoms with van der Waals surface area (Å²) in [4.78, 5) is 10.8. The van der Waals surface area contributed by atoms with E-state index in [4.69, 9.17) is 0 Å². The predicted octanol–water partition coefficient (Wildman–Crippen LogP) is 0.547. The SMILES string of the molecule is CNCc1cnc(N2CCC(C)(O)CC2)nc1. The van der Waals surface area contributed by atoms with Crippen LogP contribution in [0.3, 0.4) is 0 Å². The molecule has 2 rings (SSSR count). The first-order chi connectivity index (χ1) is 8.11. The van der Waals surface area contributed by atoms with Crippen molar-refractivity contribution in [3.8, 4) is 0 Å². The highest BCUT2D eigenvalue weighted by Gasteiger charge is 2.28. The largest absolute Gasteiger partial charge is 0.390 e. The van der Waals surface area contributed by atoms with Gasteiger partial charge in [-0.25, -0.2) is 9.97 Å². The molecule has 5 nitrogen and oxygen atoms in total. The van der Waals surface area contributed by atoms with Crippen LogP contribution in [-0.2, 0) is 6.54 Å². The van der Waals surface area contributed by atoms with Crippen LogP contribution in [-0.4, -0.2) is 40.8 Å². The first-order valence-corrected chi connectivity index (χ1v) is 6.03. The van der Waals surface area contributed by atoms with Crippen LogP contribution in [0.15, 0.2) is 12.4 Å². The molecule has 1 fully saturated rings. The van der Waals surface area contributed by atoms with Crippen molar-refractivity contribution >= 4 is 5.95 Å². The van der Waals surface area contributed by atoms with Crippen molar-refractivity contribution in [3.05, 3.63) is 18.0 Å². The van der Waals surface area contributed by atoms with Gasteiger partial charge in [-0.15, -0.1) is 0 Å². The van der Waals surface area contributed by atoms with Crippen LogP contribution < -0.4 is 10.2 Å². The van der Waals surface area contributed by atoms with E-state index < -0.39 is 5.60 Å². The third-order valence-corrected chi connectivity index (χ3v) is 3.20. The zero-order valence-corrected chi connectivity index (χ0v) is 10.5. The molecule has 0 unspecified atom stereocenters. The van der Waals surface area contributed by atoms with E-state index >= 15 is 0 Å².